The van der Waals surface area contributed by atoms with E-state index in [-0.39, 0.29) is 5.91 Å². The Kier molecular flexibility index (Phi) is 5.18. The summed E-state index contributed by atoms with van der Waals surface area (Å²) in [4.78, 5) is 15.8. The van der Waals surface area contributed by atoms with Crippen LogP contribution in [0, 0.1) is 0 Å². The molecule has 3 aromatic rings. The zero-order valence-electron chi connectivity index (χ0n) is 14.4. The van der Waals surface area contributed by atoms with E-state index < -0.39 is 0 Å². The Labute approximate surface area is 146 Å². The van der Waals surface area contributed by atoms with Crippen LogP contribution in [0.2, 0.25) is 0 Å². The maximum atomic E-state index is 11.2. The smallest absolute Gasteiger partial charge is 0.217 e. The Balaban J connectivity index is 1.72. The fourth-order valence-electron chi connectivity index (χ4n) is 2.64. The van der Waals surface area contributed by atoms with E-state index in [9.17, 15) is 4.79 Å². The zero-order valence-corrected chi connectivity index (χ0v) is 14.4. The number of fused-ring (bicyclic) bond motifs is 1. The van der Waals surface area contributed by atoms with E-state index in [1.54, 1.807) is 7.11 Å². The minimum Gasteiger partial charge on any atom is -0.497 e. The monoisotopic (exact) mass is 339 g/mol. The van der Waals surface area contributed by atoms with E-state index in [0.717, 1.165) is 28.4 Å². The van der Waals surface area contributed by atoms with Gasteiger partial charge in [-0.2, -0.15) is 0 Å². The van der Waals surface area contributed by atoms with Crippen LogP contribution in [0.5, 0.6) is 11.5 Å². The highest BCUT2D eigenvalue weighted by molar-refractivity contribution is 5.76. The fraction of sp³-hybridized carbons (Fsp3) is 0.263. The number of imidazole rings is 1. The summed E-state index contributed by atoms with van der Waals surface area (Å²) in [5.74, 6) is 2.32. The van der Waals surface area contributed by atoms with E-state index in [1.807, 2.05) is 48.5 Å². The molecule has 0 saturated carbocycles. The molecule has 1 amide bonds. The molecule has 6 nitrogen and oxygen atoms in total. The Hall–Kier alpha value is -3.02. The van der Waals surface area contributed by atoms with E-state index in [0.29, 0.717) is 19.7 Å². The highest BCUT2D eigenvalue weighted by Gasteiger charge is 2.10. The summed E-state index contributed by atoms with van der Waals surface area (Å²) in [5.41, 5.74) is 1.94. The van der Waals surface area contributed by atoms with Crippen molar-refractivity contribution in [2.45, 2.75) is 20.0 Å². The van der Waals surface area contributed by atoms with Crippen LogP contribution < -0.4 is 14.8 Å². The van der Waals surface area contributed by atoms with Gasteiger partial charge in [0.2, 0.25) is 5.91 Å². The Morgan fingerprint density at radius 2 is 1.84 bits per heavy atom. The topological polar surface area (TPSA) is 65.4 Å². The number of rotatable bonds is 7. The number of carbonyl (C=O) groups excluding carboxylic acids is 1. The molecule has 1 heterocycles. The van der Waals surface area contributed by atoms with Crippen LogP contribution in [0.3, 0.4) is 0 Å². The van der Waals surface area contributed by atoms with Crippen molar-refractivity contribution < 1.29 is 14.3 Å². The number of para-hydroxylation sites is 2. The molecule has 0 spiro atoms. The fourth-order valence-corrected chi connectivity index (χ4v) is 2.64. The summed E-state index contributed by atoms with van der Waals surface area (Å²) in [6.07, 6.45) is 0. The maximum absolute atomic E-state index is 11.2. The minimum atomic E-state index is -0.0758. The summed E-state index contributed by atoms with van der Waals surface area (Å²) in [5, 5.41) is 2.81. The van der Waals surface area contributed by atoms with Crippen molar-refractivity contribution in [2.24, 2.45) is 0 Å². The molecule has 0 atom stereocenters. The standard InChI is InChI=1S/C19H21N3O3/c1-14(23)20-13-19-21-17-5-3-4-6-18(17)22(19)11-12-25-16-9-7-15(24-2)8-10-16/h3-10H,11-13H2,1-2H3,(H,20,23). The van der Waals surface area contributed by atoms with Gasteiger partial charge < -0.3 is 19.4 Å². The molecule has 1 N–H and O–H groups in total. The van der Waals surface area contributed by atoms with Crippen LogP contribution in [0.1, 0.15) is 12.7 Å². The van der Waals surface area contributed by atoms with Gasteiger partial charge in [0.05, 0.1) is 31.2 Å². The van der Waals surface area contributed by atoms with Crippen molar-refractivity contribution in [3.8, 4) is 11.5 Å². The highest BCUT2D eigenvalue weighted by Crippen LogP contribution is 2.18. The van der Waals surface area contributed by atoms with Crippen LogP contribution in [0.25, 0.3) is 11.0 Å². The lowest BCUT2D eigenvalue weighted by molar-refractivity contribution is -0.119. The molecule has 0 unspecified atom stereocenters. The molecular weight excluding hydrogens is 318 g/mol. The summed E-state index contributed by atoms with van der Waals surface area (Å²) >= 11 is 0. The molecule has 0 bridgehead atoms. The Bertz CT molecular complexity index is 856. The molecule has 0 aliphatic rings. The third kappa shape index (κ3) is 4.09. The van der Waals surface area contributed by atoms with E-state index in [1.165, 1.54) is 6.92 Å². The molecule has 25 heavy (non-hydrogen) atoms. The van der Waals surface area contributed by atoms with Crippen molar-refractivity contribution in [1.29, 1.82) is 0 Å². The second kappa shape index (κ2) is 7.70. The van der Waals surface area contributed by atoms with E-state index >= 15 is 0 Å². The van der Waals surface area contributed by atoms with Crippen molar-refractivity contribution in [1.82, 2.24) is 14.9 Å². The highest BCUT2D eigenvalue weighted by atomic mass is 16.5. The predicted molar refractivity (Wildman–Crippen MR) is 95.7 cm³/mol. The molecule has 0 aliphatic heterocycles. The maximum Gasteiger partial charge on any atom is 0.217 e. The van der Waals surface area contributed by atoms with Gasteiger partial charge in [-0.25, -0.2) is 4.98 Å². The molecule has 0 saturated heterocycles. The van der Waals surface area contributed by atoms with Gasteiger partial charge >= 0.3 is 0 Å². The first-order chi connectivity index (χ1) is 12.2. The number of hydrogen-bond donors (Lipinski definition) is 1. The Morgan fingerprint density at radius 3 is 2.56 bits per heavy atom. The molecule has 1 aromatic heterocycles. The van der Waals surface area contributed by atoms with Gasteiger partial charge in [0, 0.05) is 6.92 Å². The van der Waals surface area contributed by atoms with Crippen molar-refractivity contribution >= 4 is 16.9 Å². The number of benzene rings is 2. The second-order valence-corrected chi connectivity index (χ2v) is 5.60. The number of ether oxygens (including phenoxy) is 2. The zero-order chi connectivity index (χ0) is 17.6. The average Bonchev–Trinajstić information content (AvgIpc) is 2.98. The summed E-state index contributed by atoms with van der Waals surface area (Å²) < 4.78 is 13.0. The Morgan fingerprint density at radius 1 is 1.12 bits per heavy atom. The SMILES string of the molecule is COc1ccc(OCCn2c(CNC(C)=O)nc3ccccc32)cc1. The normalized spacial score (nSPS) is 10.6. The van der Waals surface area contributed by atoms with E-state index in [2.05, 4.69) is 14.9 Å². The van der Waals surface area contributed by atoms with Gasteiger partial charge in [-0.05, 0) is 36.4 Å². The lowest BCUT2D eigenvalue weighted by Crippen LogP contribution is -2.22. The van der Waals surface area contributed by atoms with Gasteiger partial charge in [0.1, 0.15) is 23.9 Å². The van der Waals surface area contributed by atoms with E-state index in [4.69, 9.17) is 9.47 Å². The lowest BCUT2D eigenvalue weighted by atomic mass is 10.3. The van der Waals surface area contributed by atoms with Crippen LogP contribution in [-0.2, 0) is 17.9 Å². The number of carbonyl (C=O) groups is 1. The molecule has 3 rings (SSSR count). The van der Waals surface area contributed by atoms with Gasteiger partial charge in [-0.3, -0.25) is 4.79 Å². The molecule has 0 radical (unpaired) electrons. The van der Waals surface area contributed by atoms with Gasteiger partial charge in [0.15, 0.2) is 0 Å². The summed E-state index contributed by atoms with van der Waals surface area (Å²) in [6, 6.07) is 15.4. The first kappa shape index (κ1) is 16.8. The molecule has 130 valence electrons. The predicted octanol–water partition coefficient (Wildman–Crippen LogP) is 2.76. The minimum absolute atomic E-state index is 0.0758. The first-order valence-corrected chi connectivity index (χ1v) is 8.13. The third-order valence-corrected chi connectivity index (χ3v) is 3.87. The molecule has 0 fully saturated rings. The molecule has 6 heteroatoms. The second-order valence-electron chi connectivity index (χ2n) is 5.60. The molecular formula is C19H21N3O3. The third-order valence-electron chi connectivity index (χ3n) is 3.87. The number of nitrogens with one attached hydrogen (secondary N) is 1. The molecule has 2 aromatic carbocycles. The summed E-state index contributed by atoms with van der Waals surface area (Å²) in [6.45, 7) is 3.04. The van der Waals surface area contributed by atoms with Gasteiger partial charge in [-0.1, -0.05) is 12.1 Å². The van der Waals surface area contributed by atoms with Crippen LogP contribution >= 0.6 is 0 Å². The number of nitrogens with zero attached hydrogens (tertiary/aromatic N) is 2. The number of methoxy groups -OCH3 is 1. The quantitative estimate of drug-likeness (QED) is 0.719. The first-order valence-electron chi connectivity index (χ1n) is 8.13. The average molecular weight is 339 g/mol. The van der Waals surface area contributed by atoms with Gasteiger partial charge in [0.25, 0.3) is 0 Å². The number of amides is 1. The number of aromatic nitrogens is 2. The van der Waals surface area contributed by atoms with Crippen LogP contribution in [0.15, 0.2) is 48.5 Å². The largest absolute Gasteiger partial charge is 0.497 e. The lowest BCUT2D eigenvalue weighted by Gasteiger charge is -2.11. The summed E-state index contributed by atoms with van der Waals surface area (Å²) in [7, 11) is 1.64. The van der Waals surface area contributed by atoms with Crippen molar-refractivity contribution in [3.63, 3.8) is 0 Å². The molecule has 0 aliphatic carbocycles. The van der Waals surface area contributed by atoms with Gasteiger partial charge in [-0.15, -0.1) is 0 Å². The van der Waals surface area contributed by atoms with Crippen molar-refractivity contribution in [3.05, 3.63) is 54.4 Å². The number of hydrogen-bond acceptors (Lipinski definition) is 4. The van der Waals surface area contributed by atoms with Crippen LogP contribution in [-0.4, -0.2) is 29.2 Å². The van der Waals surface area contributed by atoms with Crippen molar-refractivity contribution in [2.75, 3.05) is 13.7 Å². The van der Waals surface area contributed by atoms with Crippen LogP contribution in [0.4, 0.5) is 0 Å².